The van der Waals surface area contributed by atoms with Gasteiger partial charge in [0, 0.05) is 43.3 Å². The van der Waals surface area contributed by atoms with Gasteiger partial charge in [0.25, 0.3) is 0 Å². The maximum Gasteiger partial charge on any atom is 0.0897 e. The van der Waals surface area contributed by atoms with Gasteiger partial charge in [-0.15, -0.1) is 11.3 Å². The van der Waals surface area contributed by atoms with E-state index in [1.165, 1.54) is 9.88 Å². The molecule has 0 aliphatic carbocycles. The van der Waals surface area contributed by atoms with Crippen molar-refractivity contribution in [2.45, 2.75) is 26.4 Å². The van der Waals surface area contributed by atoms with Crippen molar-refractivity contribution in [2.24, 2.45) is 0 Å². The third-order valence-corrected chi connectivity index (χ3v) is 3.56. The second-order valence-electron chi connectivity index (χ2n) is 3.87. The molecule has 1 atom stereocenters. The Morgan fingerprint density at radius 3 is 3.21 bits per heavy atom. The zero-order chi connectivity index (χ0) is 9.97. The molecule has 0 bridgehead atoms. The first-order valence-electron chi connectivity index (χ1n) is 5.12. The first kappa shape index (κ1) is 10.1. The van der Waals surface area contributed by atoms with Crippen molar-refractivity contribution in [1.82, 2.24) is 15.2 Å². The summed E-state index contributed by atoms with van der Waals surface area (Å²) in [7, 11) is 0. The third-order valence-electron chi connectivity index (χ3n) is 2.67. The minimum Gasteiger partial charge on any atom is -0.314 e. The van der Waals surface area contributed by atoms with E-state index in [0.29, 0.717) is 6.04 Å². The molecule has 78 valence electrons. The van der Waals surface area contributed by atoms with Crippen LogP contribution in [0.4, 0.5) is 0 Å². The van der Waals surface area contributed by atoms with Crippen LogP contribution in [0.3, 0.4) is 0 Å². The van der Waals surface area contributed by atoms with Crippen molar-refractivity contribution in [3.8, 4) is 0 Å². The Labute approximate surface area is 89.1 Å². The van der Waals surface area contributed by atoms with Gasteiger partial charge in [-0.1, -0.05) is 0 Å². The smallest absolute Gasteiger partial charge is 0.0897 e. The molecular formula is C10H17N3S. The molecule has 4 heteroatoms. The van der Waals surface area contributed by atoms with Gasteiger partial charge in [0.15, 0.2) is 0 Å². The zero-order valence-corrected chi connectivity index (χ0v) is 9.60. The number of hydrogen-bond donors (Lipinski definition) is 1. The van der Waals surface area contributed by atoms with Gasteiger partial charge in [0.2, 0.25) is 0 Å². The molecule has 1 aromatic heterocycles. The monoisotopic (exact) mass is 211 g/mol. The molecule has 1 aromatic rings. The van der Waals surface area contributed by atoms with E-state index in [1.807, 2.05) is 17.5 Å². The Morgan fingerprint density at radius 2 is 2.57 bits per heavy atom. The Kier molecular flexibility index (Phi) is 3.15. The van der Waals surface area contributed by atoms with Gasteiger partial charge in [0.05, 0.1) is 5.01 Å². The number of hydrogen-bond acceptors (Lipinski definition) is 4. The van der Waals surface area contributed by atoms with E-state index in [2.05, 4.69) is 29.0 Å². The van der Waals surface area contributed by atoms with Crippen LogP contribution in [0, 0.1) is 6.92 Å². The number of piperazine rings is 1. The topological polar surface area (TPSA) is 28.2 Å². The van der Waals surface area contributed by atoms with Crippen LogP contribution in [0.15, 0.2) is 6.20 Å². The molecule has 0 amide bonds. The second-order valence-corrected chi connectivity index (χ2v) is 5.19. The summed E-state index contributed by atoms with van der Waals surface area (Å²) in [4.78, 5) is 8.19. The molecule has 2 rings (SSSR count). The highest BCUT2D eigenvalue weighted by Gasteiger charge is 2.18. The Balaban J connectivity index is 1.95. The lowest BCUT2D eigenvalue weighted by atomic mass is 10.2. The Hall–Kier alpha value is -0.450. The number of aryl methyl sites for hydroxylation is 1. The molecule has 3 nitrogen and oxygen atoms in total. The van der Waals surface area contributed by atoms with Crippen molar-refractivity contribution >= 4 is 11.3 Å². The molecule has 14 heavy (non-hydrogen) atoms. The molecule has 1 aliphatic rings. The summed E-state index contributed by atoms with van der Waals surface area (Å²) < 4.78 is 0. The minimum absolute atomic E-state index is 0.645. The van der Waals surface area contributed by atoms with Gasteiger partial charge in [-0.25, -0.2) is 4.98 Å². The Bertz CT molecular complexity index is 297. The highest BCUT2D eigenvalue weighted by Crippen LogP contribution is 2.16. The average Bonchev–Trinajstić information content (AvgIpc) is 2.56. The predicted octanol–water partition coefficient (Wildman–Crippen LogP) is 1.25. The normalized spacial score (nSPS) is 24.0. The molecular weight excluding hydrogens is 194 g/mol. The average molecular weight is 211 g/mol. The van der Waals surface area contributed by atoms with Crippen LogP contribution in [-0.4, -0.2) is 35.6 Å². The molecule has 1 saturated heterocycles. The number of rotatable bonds is 2. The Morgan fingerprint density at radius 1 is 1.71 bits per heavy atom. The number of aromatic nitrogens is 1. The van der Waals surface area contributed by atoms with Crippen molar-refractivity contribution in [2.75, 3.05) is 19.6 Å². The summed E-state index contributed by atoms with van der Waals surface area (Å²) >= 11 is 1.81. The van der Waals surface area contributed by atoms with Crippen LogP contribution < -0.4 is 5.32 Å². The van der Waals surface area contributed by atoms with Crippen LogP contribution in [0.25, 0.3) is 0 Å². The summed E-state index contributed by atoms with van der Waals surface area (Å²) in [5, 5.41) is 4.57. The molecule has 1 N–H and O–H groups in total. The van der Waals surface area contributed by atoms with Crippen LogP contribution in [0.1, 0.15) is 16.8 Å². The summed E-state index contributed by atoms with van der Waals surface area (Å²) in [6, 6.07) is 0.645. The molecule has 0 aromatic carbocycles. The van der Waals surface area contributed by atoms with Crippen molar-refractivity contribution in [1.29, 1.82) is 0 Å². The second kappa shape index (κ2) is 4.38. The molecule has 1 fully saturated rings. The van der Waals surface area contributed by atoms with Gasteiger partial charge in [-0.3, -0.25) is 4.90 Å². The lowest BCUT2D eigenvalue weighted by molar-refractivity contribution is 0.167. The fraction of sp³-hybridized carbons (Fsp3) is 0.700. The maximum atomic E-state index is 4.28. The van der Waals surface area contributed by atoms with Crippen LogP contribution in [0.5, 0.6) is 0 Å². The highest BCUT2D eigenvalue weighted by atomic mass is 32.1. The fourth-order valence-corrected chi connectivity index (χ4v) is 2.62. The number of nitrogens with one attached hydrogen (secondary N) is 1. The van der Waals surface area contributed by atoms with Gasteiger partial charge in [-0.05, 0) is 13.8 Å². The van der Waals surface area contributed by atoms with Gasteiger partial charge >= 0.3 is 0 Å². The van der Waals surface area contributed by atoms with Gasteiger partial charge < -0.3 is 5.32 Å². The number of thiazole rings is 1. The predicted molar refractivity (Wildman–Crippen MR) is 59.6 cm³/mol. The maximum absolute atomic E-state index is 4.28. The van der Waals surface area contributed by atoms with Crippen LogP contribution in [-0.2, 0) is 6.54 Å². The quantitative estimate of drug-likeness (QED) is 0.798. The first-order valence-corrected chi connectivity index (χ1v) is 5.93. The summed E-state index contributed by atoms with van der Waals surface area (Å²) in [6.07, 6.45) is 2.01. The van der Waals surface area contributed by atoms with Crippen molar-refractivity contribution in [3.63, 3.8) is 0 Å². The SMILES string of the molecule is Cc1ncc(CN2CCNC[C@H]2C)s1. The van der Waals surface area contributed by atoms with E-state index >= 15 is 0 Å². The van der Waals surface area contributed by atoms with Crippen LogP contribution in [0.2, 0.25) is 0 Å². The molecule has 0 spiro atoms. The standard InChI is InChI=1S/C10H17N3S/c1-8-5-11-3-4-13(8)7-10-6-12-9(2)14-10/h6,8,11H,3-5,7H2,1-2H3/t8-/m1/s1. The molecule has 0 radical (unpaired) electrons. The van der Waals surface area contributed by atoms with Gasteiger partial charge in [-0.2, -0.15) is 0 Å². The van der Waals surface area contributed by atoms with Crippen molar-refractivity contribution < 1.29 is 0 Å². The fourth-order valence-electron chi connectivity index (χ4n) is 1.80. The number of nitrogens with zero attached hydrogens (tertiary/aromatic N) is 2. The molecule has 2 heterocycles. The van der Waals surface area contributed by atoms with Crippen LogP contribution >= 0.6 is 11.3 Å². The summed E-state index contributed by atoms with van der Waals surface area (Å²) in [5.41, 5.74) is 0. The van der Waals surface area contributed by atoms with E-state index in [-0.39, 0.29) is 0 Å². The molecule has 0 unspecified atom stereocenters. The van der Waals surface area contributed by atoms with E-state index in [1.54, 1.807) is 0 Å². The van der Waals surface area contributed by atoms with E-state index in [9.17, 15) is 0 Å². The van der Waals surface area contributed by atoms with Gasteiger partial charge in [0.1, 0.15) is 0 Å². The summed E-state index contributed by atoms with van der Waals surface area (Å²) in [5.74, 6) is 0. The van der Waals surface area contributed by atoms with E-state index < -0.39 is 0 Å². The van der Waals surface area contributed by atoms with Crippen molar-refractivity contribution in [3.05, 3.63) is 16.1 Å². The third kappa shape index (κ3) is 2.32. The lowest BCUT2D eigenvalue weighted by Gasteiger charge is -2.33. The minimum atomic E-state index is 0.645. The molecule has 1 aliphatic heterocycles. The largest absolute Gasteiger partial charge is 0.314 e. The highest BCUT2D eigenvalue weighted by molar-refractivity contribution is 7.11. The van der Waals surface area contributed by atoms with E-state index in [0.717, 1.165) is 26.2 Å². The van der Waals surface area contributed by atoms with E-state index in [4.69, 9.17) is 0 Å². The molecule has 0 saturated carbocycles. The summed E-state index contributed by atoms with van der Waals surface area (Å²) in [6.45, 7) is 8.78. The first-order chi connectivity index (χ1) is 6.75. The lowest BCUT2D eigenvalue weighted by Crippen LogP contribution is -2.49. The zero-order valence-electron chi connectivity index (χ0n) is 8.79.